The van der Waals surface area contributed by atoms with Crippen LogP contribution in [-0.4, -0.2) is 12.6 Å². The van der Waals surface area contributed by atoms with Gasteiger partial charge in [-0.05, 0) is 43.7 Å². The first kappa shape index (κ1) is 13.4. The topological polar surface area (TPSA) is 35.2 Å². The highest BCUT2D eigenvalue weighted by atomic mass is 16.5. The molecule has 18 heavy (non-hydrogen) atoms. The summed E-state index contributed by atoms with van der Waals surface area (Å²) in [6.07, 6.45) is 8.98. The van der Waals surface area contributed by atoms with E-state index in [9.17, 15) is 0 Å². The van der Waals surface area contributed by atoms with Crippen LogP contribution in [0.15, 0.2) is 30.3 Å². The first-order chi connectivity index (χ1) is 8.86. The van der Waals surface area contributed by atoms with E-state index in [4.69, 9.17) is 10.5 Å². The van der Waals surface area contributed by atoms with Crippen molar-refractivity contribution in [3.8, 4) is 5.75 Å². The minimum absolute atomic E-state index is 0.379. The minimum Gasteiger partial charge on any atom is -0.494 e. The average Bonchev–Trinajstić information content (AvgIpc) is 2.45. The van der Waals surface area contributed by atoms with Crippen LogP contribution in [0, 0.1) is 5.92 Å². The van der Waals surface area contributed by atoms with Crippen LogP contribution in [0.5, 0.6) is 5.75 Å². The molecule has 0 aromatic heterocycles. The van der Waals surface area contributed by atoms with Crippen LogP contribution in [0.4, 0.5) is 0 Å². The Morgan fingerprint density at radius 2 is 1.83 bits per heavy atom. The molecule has 2 rings (SSSR count). The summed E-state index contributed by atoms with van der Waals surface area (Å²) in [5, 5.41) is 0. The normalized spacial score (nSPS) is 18.5. The quantitative estimate of drug-likeness (QED) is 0.777. The van der Waals surface area contributed by atoms with Gasteiger partial charge in [0.15, 0.2) is 0 Å². The second kappa shape index (κ2) is 7.42. The van der Waals surface area contributed by atoms with Crippen molar-refractivity contribution in [3.63, 3.8) is 0 Å². The fourth-order valence-electron chi connectivity index (χ4n) is 2.82. The van der Waals surface area contributed by atoms with Crippen LogP contribution in [0.3, 0.4) is 0 Å². The maximum Gasteiger partial charge on any atom is 0.119 e. The Balaban J connectivity index is 1.60. The summed E-state index contributed by atoms with van der Waals surface area (Å²) in [6.45, 7) is 0.782. The van der Waals surface area contributed by atoms with Crippen LogP contribution in [-0.2, 0) is 0 Å². The molecule has 0 spiro atoms. The van der Waals surface area contributed by atoms with E-state index in [1.807, 2.05) is 30.3 Å². The van der Waals surface area contributed by atoms with E-state index in [1.165, 1.54) is 32.1 Å². The molecular formula is C16H25NO. The lowest BCUT2D eigenvalue weighted by atomic mass is 9.83. The zero-order chi connectivity index (χ0) is 12.6. The average molecular weight is 247 g/mol. The van der Waals surface area contributed by atoms with Gasteiger partial charge in [0.05, 0.1) is 6.61 Å². The molecule has 2 heteroatoms. The SMILES string of the molecule is NC(CCCOc1ccccc1)C1CCCCC1. The largest absolute Gasteiger partial charge is 0.494 e. The van der Waals surface area contributed by atoms with Gasteiger partial charge in [0, 0.05) is 6.04 Å². The molecule has 1 fully saturated rings. The Hall–Kier alpha value is -1.02. The molecule has 1 saturated carbocycles. The van der Waals surface area contributed by atoms with E-state index in [0.717, 1.165) is 31.1 Å². The van der Waals surface area contributed by atoms with E-state index < -0.39 is 0 Å². The van der Waals surface area contributed by atoms with Crippen molar-refractivity contribution in [3.05, 3.63) is 30.3 Å². The molecule has 0 aliphatic heterocycles. The van der Waals surface area contributed by atoms with Crippen molar-refractivity contribution in [2.24, 2.45) is 11.7 Å². The molecule has 1 unspecified atom stereocenters. The second-order valence-corrected chi connectivity index (χ2v) is 5.37. The van der Waals surface area contributed by atoms with Gasteiger partial charge in [-0.25, -0.2) is 0 Å². The summed E-state index contributed by atoms with van der Waals surface area (Å²) in [6, 6.07) is 10.4. The predicted octanol–water partition coefficient (Wildman–Crippen LogP) is 3.75. The van der Waals surface area contributed by atoms with Crippen molar-refractivity contribution in [1.82, 2.24) is 0 Å². The van der Waals surface area contributed by atoms with E-state index >= 15 is 0 Å². The zero-order valence-electron chi connectivity index (χ0n) is 11.2. The van der Waals surface area contributed by atoms with Gasteiger partial charge in [-0.15, -0.1) is 0 Å². The smallest absolute Gasteiger partial charge is 0.119 e. The van der Waals surface area contributed by atoms with Crippen molar-refractivity contribution in [1.29, 1.82) is 0 Å². The molecular weight excluding hydrogens is 222 g/mol. The maximum atomic E-state index is 6.27. The van der Waals surface area contributed by atoms with Crippen molar-refractivity contribution in [2.75, 3.05) is 6.61 Å². The Morgan fingerprint density at radius 3 is 2.56 bits per heavy atom. The standard InChI is InChI=1S/C16H25NO/c17-16(14-8-3-1-4-9-14)12-7-13-18-15-10-5-2-6-11-15/h2,5-6,10-11,14,16H,1,3-4,7-9,12-13,17H2. The lowest BCUT2D eigenvalue weighted by Gasteiger charge is -2.27. The molecule has 1 atom stereocenters. The van der Waals surface area contributed by atoms with Gasteiger partial charge in [0.2, 0.25) is 0 Å². The Kier molecular flexibility index (Phi) is 5.53. The summed E-state index contributed by atoms with van der Waals surface area (Å²) in [5.41, 5.74) is 6.27. The Labute approximate surface area is 111 Å². The van der Waals surface area contributed by atoms with Gasteiger partial charge in [-0.3, -0.25) is 0 Å². The zero-order valence-corrected chi connectivity index (χ0v) is 11.2. The molecule has 0 bridgehead atoms. The summed E-state index contributed by atoms with van der Waals surface area (Å²) in [4.78, 5) is 0. The fraction of sp³-hybridized carbons (Fsp3) is 0.625. The van der Waals surface area contributed by atoms with E-state index in [0.29, 0.717) is 6.04 Å². The van der Waals surface area contributed by atoms with E-state index in [2.05, 4.69) is 0 Å². The van der Waals surface area contributed by atoms with Gasteiger partial charge in [0.25, 0.3) is 0 Å². The highest BCUT2D eigenvalue weighted by Gasteiger charge is 2.19. The Bertz CT molecular complexity index is 319. The van der Waals surface area contributed by atoms with E-state index in [-0.39, 0.29) is 0 Å². The van der Waals surface area contributed by atoms with E-state index in [1.54, 1.807) is 0 Å². The van der Waals surface area contributed by atoms with Gasteiger partial charge in [-0.2, -0.15) is 0 Å². The van der Waals surface area contributed by atoms with Crippen molar-refractivity contribution < 1.29 is 4.74 Å². The molecule has 2 N–H and O–H groups in total. The highest BCUT2D eigenvalue weighted by Crippen LogP contribution is 2.27. The monoisotopic (exact) mass is 247 g/mol. The van der Waals surface area contributed by atoms with Crippen LogP contribution in [0.1, 0.15) is 44.9 Å². The van der Waals surface area contributed by atoms with Crippen LogP contribution >= 0.6 is 0 Å². The van der Waals surface area contributed by atoms with Crippen LogP contribution in [0.2, 0.25) is 0 Å². The summed E-state index contributed by atoms with van der Waals surface area (Å²) >= 11 is 0. The molecule has 1 aliphatic rings. The van der Waals surface area contributed by atoms with Crippen molar-refractivity contribution >= 4 is 0 Å². The minimum atomic E-state index is 0.379. The number of benzene rings is 1. The molecule has 100 valence electrons. The highest BCUT2D eigenvalue weighted by molar-refractivity contribution is 5.20. The molecule has 1 aromatic carbocycles. The number of hydrogen-bond donors (Lipinski definition) is 1. The van der Waals surface area contributed by atoms with Gasteiger partial charge >= 0.3 is 0 Å². The van der Waals surface area contributed by atoms with Gasteiger partial charge in [-0.1, -0.05) is 37.5 Å². The molecule has 0 saturated heterocycles. The molecule has 0 amide bonds. The predicted molar refractivity (Wildman–Crippen MR) is 75.7 cm³/mol. The van der Waals surface area contributed by atoms with Crippen LogP contribution in [0.25, 0.3) is 0 Å². The van der Waals surface area contributed by atoms with Gasteiger partial charge < -0.3 is 10.5 Å². The van der Waals surface area contributed by atoms with Crippen LogP contribution < -0.4 is 10.5 Å². The Morgan fingerprint density at radius 1 is 1.11 bits per heavy atom. The maximum absolute atomic E-state index is 6.27. The van der Waals surface area contributed by atoms with Crippen molar-refractivity contribution in [2.45, 2.75) is 51.0 Å². The first-order valence-electron chi connectivity index (χ1n) is 7.29. The fourth-order valence-corrected chi connectivity index (χ4v) is 2.82. The third-order valence-electron chi connectivity index (χ3n) is 3.95. The second-order valence-electron chi connectivity index (χ2n) is 5.37. The molecule has 0 radical (unpaired) electrons. The lowest BCUT2D eigenvalue weighted by molar-refractivity contribution is 0.261. The van der Waals surface area contributed by atoms with Gasteiger partial charge in [0.1, 0.15) is 5.75 Å². The molecule has 1 aromatic rings. The third-order valence-corrected chi connectivity index (χ3v) is 3.95. The number of rotatable bonds is 6. The number of nitrogens with two attached hydrogens (primary N) is 1. The number of ether oxygens (including phenoxy) is 1. The molecule has 0 heterocycles. The lowest BCUT2D eigenvalue weighted by Crippen LogP contribution is -2.31. The molecule has 1 aliphatic carbocycles. The summed E-state index contributed by atoms with van der Waals surface area (Å²) < 4.78 is 5.69. The first-order valence-corrected chi connectivity index (χ1v) is 7.29. The summed E-state index contributed by atoms with van der Waals surface area (Å²) in [5.74, 6) is 1.72. The molecule has 2 nitrogen and oxygen atoms in total. The summed E-state index contributed by atoms with van der Waals surface area (Å²) in [7, 11) is 0. The number of hydrogen-bond acceptors (Lipinski definition) is 2. The third kappa shape index (κ3) is 4.34. The number of para-hydroxylation sites is 1.